The lowest BCUT2D eigenvalue weighted by Gasteiger charge is -2.30. The van der Waals surface area contributed by atoms with Gasteiger partial charge in [0.05, 0.1) is 11.1 Å². The van der Waals surface area contributed by atoms with Gasteiger partial charge in [0.25, 0.3) is 11.9 Å². The minimum Gasteiger partial charge on any atom is -0.507 e. The average Bonchev–Trinajstić information content (AvgIpc) is 3.05. The molecule has 0 amide bonds. The molecule has 0 aromatic heterocycles. The Hall–Kier alpha value is -6.49. The third-order valence-corrected chi connectivity index (χ3v) is 8.57. The van der Waals surface area contributed by atoms with Crippen LogP contribution in [0.4, 0.5) is 0 Å². The summed E-state index contributed by atoms with van der Waals surface area (Å²) in [6, 6.07) is 15.9. The van der Waals surface area contributed by atoms with Crippen molar-refractivity contribution in [2.75, 3.05) is 0 Å². The molecule has 0 bridgehead atoms. The SMILES string of the molecule is O=C1C2=C(O)OC(C(=O)C3C=C4C(=O)c5c(cc6ccccc6c5O)C(=O)C4=C(O)O3)C=C2C(=O)c2c1cc1ccccc1c2O. The molecule has 8 rings (SSSR count). The molecule has 0 fully saturated rings. The van der Waals surface area contributed by atoms with Gasteiger partial charge in [-0.2, -0.15) is 0 Å². The minimum absolute atomic E-state index is 0.159. The number of benzene rings is 4. The van der Waals surface area contributed by atoms with Crippen LogP contribution in [0.1, 0.15) is 41.4 Å². The number of rotatable bonds is 2. The second kappa shape index (κ2) is 9.26. The number of ketones is 5. The van der Waals surface area contributed by atoms with E-state index in [4.69, 9.17) is 9.47 Å². The zero-order valence-corrected chi connectivity index (χ0v) is 23.2. The molecule has 4 aliphatic rings. The Morgan fingerprint density at radius 1 is 0.565 bits per heavy atom. The fourth-order valence-electron chi connectivity index (χ4n) is 6.40. The van der Waals surface area contributed by atoms with Crippen molar-refractivity contribution in [2.24, 2.45) is 0 Å². The van der Waals surface area contributed by atoms with E-state index >= 15 is 0 Å². The Kier molecular flexibility index (Phi) is 5.45. The molecule has 11 nitrogen and oxygen atoms in total. The number of carbonyl (C=O) groups excluding carboxylic acids is 5. The first-order chi connectivity index (χ1) is 22.1. The molecule has 4 N–H and O–H groups in total. The van der Waals surface area contributed by atoms with E-state index in [0.29, 0.717) is 21.5 Å². The summed E-state index contributed by atoms with van der Waals surface area (Å²) in [5.74, 6) is -7.27. The first-order valence-corrected chi connectivity index (χ1v) is 13.9. The lowest BCUT2D eigenvalue weighted by Crippen LogP contribution is -2.40. The van der Waals surface area contributed by atoms with Crippen molar-refractivity contribution in [3.05, 3.63) is 129 Å². The van der Waals surface area contributed by atoms with Gasteiger partial charge in [0, 0.05) is 33.0 Å². The number of aromatic hydroxyl groups is 2. The predicted octanol–water partition coefficient (Wildman–Crippen LogP) is 4.62. The maximum atomic E-state index is 13.6. The van der Waals surface area contributed by atoms with Gasteiger partial charge < -0.3 is 29.9 Å². The smallest absolute Gasteiger partial charge is 0.290 e. The monoisotopic (exact) mass is 614 g/mol. The van der Waals surface area contributed by atoms with Crippen molar-refractivity contribution in [3.8, 4) is 11.5 Å². The van der Waals surface area contributed by atoms with Crippen LogP contribution in [-0.2, 0) is 14.3 Å². The van der Waals surface area contributed by atoms with Crippen molar-refractivity contribution in [2.45, 2.75) is 12.2 Å². The number of phenolic OH excluding ortho intramolecular Hbond substituents is 2. The number of phenols is 2. The lowest BCUT2D eigenvalue weighted by atomic mass is 9.78. The van der Waals surface area contributed by atoms with Gasteiger partial charge in [-0.1, -0.05) is 48.5 Å². The fourth-order valence-corrected chi connectivity index (χ4v) is 6.40. The van der Waals surface area contributed by atoms with Crippen molar-refractivity contribution in [1.29, 1.82) is 0 Å². The van der Waals surface area contributed by atoms with Crippen LogP contribution < -0.4 is 0 Å². The highest BCUT2D eigenvalue weighted by Crippen LogP contribution is 2.44. The number of carbonyl (C=O) groups is 5. The molecule has 224 valence electrons. The first-order valence-electron chi connectivity index (χ1n) is 13.9. The first kappa shape index (κ1) is 27.1. The molecule has 2 unspecified atom stereocenters. The van der Waals surface area contributed by atoms with E-state index in [9.17, 15) is 44.4 Å². The lowest BCUT2D eigenvalue weighted by molar-refractivity contribution is -0.137. The van der Waals surface area contributed by atoms with Crippen LogP contribution >= 0.6 is 0 Å². The third kappa shape index (κ3) is 3.50. The molecule has 2 atom stereocenters. The van der Waals surface area contributed by atoms with E-state index in [0.717, 1.165) is 12.2 Å². The van der Waals surface area contributed by atoms with Gasteiger partial charge in [-0.05, 0) is 35.1 Å². The second-order valence-electron chi connectivity index (χ2n) is 11.1. The number of fused-ring (bicyclic) bond motifs is 6. The highest BCUT2D eigenvalue weighted by Gasteiger charge is 2.46. The van der Waals surface area contributed by atoms with Gasteiger partial charge in [0.15, 0.2) is 23.8 Å². The molecular weight excluding hydrogens is 596 g/mol. The molecule has 11 heteroatoms. The van der Waals surface area contributed by atoms with E-state index < -0.39 is 86.8 Å². The fraction of sp³-hybridized carbons (Fsp3) is 0.0571. The molecular formula is C35H18O11. The number of hydrogen-bond acceptors (Lipinski definition) is 11. The normalized spacial score (nSPS) is 20.3. The predicted molar refractivity (Wildman–Crippen MR) is 159 cm³/mol. The van der Waals surface area contributed by atoms with Crippen LogP contribution in [0.5, 0.6) is 11.5 Å². The molecule has 4 aromatic rings. The topological polar surface area (TPSA) is 185 Å². The Morgan fingerprint density at radius 2 is 0.957 bits per heavy atom. The Morgan fingerprint density at radius 3 is 1.37 bits per heavy atom. The molecule has 2 aliphatic carbocycles. The van der Waals surface area contributed by atoms with E-state index in [2.05, 4.69) is 0 Å². The van der Waals surface area contributed by atoms with E-state index in [1.807, 2.05) is 0 Å². The molecule has 2 aliphatic heterocycles. The van der Waals surface area contributed by atoms with Gasteiger partial charge >= 0.3 is 0 Å². The van der Waals surface area contributed by atoms with Gasteiger partial charge in [0.2, 0.25) is 17.3 Å². The van der Waals surface area contributed by atoms with Crippen LogP contribution in [0.2, 0.25) is 0 Å². The summed E-state index contributed by atoms with van der Waals surface area (Å²) in [4.78, 5) is 67.7. The summed E-state index contributed by atoms with van der Waals surface area (Å²) in [7, 11) is 0. The summed E-state index contributed by atoms with van der Waals surface area (Å²) >= 11 is 0. The van der Waals surface area contributed by atoms with Crippen LogP contribution in [0.25, 0.3) is 21.5 Å². The standard InChI is InChI=1S/C35H18O11/c36-27-15-7-3-1-5-13(15)9-17-23(27)29(38)19-11-21(45-34(43)25(19)31(17)40)33(42)22-12-20-26(35(44)46-22)32(41)18-10-14-6-2-4-8-16(14)28(37)24(18)30(20)39/h1-12,21-22,36-37,43-44H. The number of ether oxygens (including phenoxy) is 2. The molecule has 0 saturated carbocycles. The van der Waals surface area contributed by atoms with E-state index in [1.165, 1.54) is 12.1 Å². The van der Waals surface area contributed by atoms with Gasteiger partial charge in [0.1, 0.15) is 22.6 Å². The molecule has 0 saturated heterocycles. The molecule has 0 radical (unpaired) electrons. The Labute approximate surface area is 257 Å². The quantitative estimate of drug-likeness (QED) is 0.247. The Bertz CT molecular complexity index is 2190. The highest BCUT2D eigenvalue weighted by molar-refractivity contribution is 6.35. The van der Waals surface area contributed by atoms with Gasteiger partial charge in [-0.25, -0.2) is 0 Å². The summed E-state index contributed by atoms with van der Waals surface area (Å²) in [6.07, 6.45) is -1.55. The summed E-state index contributed by atoms with van der Waals surface area (Å²) in [5, 5.41) is 45.0. The summed E-state index contributed by atoms with van der Waals surface area (Å²) in [6.45, 7) is 0. The number of hydrogen-bond donors (Lipinski definition) is 4. The van der Waals surface area contributed by atoms with Crippen LogP contribution in [0.3, 0.4) is 0 Å². The molecule has 2 heterocycles. The van der Waals surface area contributed by atoms with Crippen molar-refractivity contribution < 1.29 is 53.9 Å². The van der Waals surface area contributed by atoms with Crippen LogP contribution in [0.15, 0.2) is 107 Å². The van der Waals surface area contributed by atoms with Crippen molar-refractivity contribution in [3.63, 3.8) is 0 Å². The zero-order chi connectivity index (χ0) is 32.2. The maximum Gasteiger partial charge on any atom is 0.290 e. The maximum absolute atomic E-state index is 13.6. The number of Topliss-reactive ketones (excluding diaryl/α,β-unsaturated/α-hetero) is 5. The zero-order valence-electron chi connectivity index (χ0n) is 23.2. The minimum atomic E-state index is -1.75. The molecule has 46 heavy (non-hydrogen) atoms. The molecule has 0 spiro atoms. The van der Waals surface area contributed by atoms with Crippen molar-refractivity contribution in [1.82, 2.24) is 0 Å². The van der Waals surface area contributed by atoms with Crippen LogP contribution in [-0.4, -0.2) is 61.6 Å². The second-order valence-corrected chi connectivity index (χ2v) is 11.1. The number of aliphatic hydroxyl groups excluding tert-OH is 2. The van der Waals surface area contributed by atoms with E-state index in [1.54, 1.807) is 48.5 Å². The Balaban J connectivity index is 1.18. The third-order valence-electron chi connectivity index (χ3n) is 8.57. The summed E-state index contributed by atoms with van der Waals surface area (Å²) < 4.78 is 10.7. The average molecular weight is 615 g/mol. The molecule has 4 aromatic carbocycles. The largest absolute Gasteiger partial charge is 0.507 e. The highest BCUT2D eigenvalue weighted by atomic mass is 16.6. The number of aliphatic hydroxyl groups is 2. The van der Waals surface area contributed by atoms with E-state index in [-0.39, 0.29) is 22.3 Å². The number of allylic oxidation sites excluding steroid dienone is 4. The van der Waals surface area contributed by atoms with Gasteiger partial charge in [-0.15, -0.1) is 0 Å². The summed E-state index contributed by atoms with van der Waals surface area (Å²) in [5.41, 5.74) is -2.74. The van der Waals surface area contributed by atoms with Crippen LogP contribution in [0, 0.1) is 0 Å². The van der Waals surface area contributed by atoms with Gasteiger partial charge in [-0.3, -0.25) is 24.0 Å². The van der Waals surface area contributed by atoms with Crippen molar-refractivity contribution >= 4 is 50.5 Å².